The van der Waals surface area contributed by atoms with Crippen LogP contribution in [0.3, 0.4) is 0 Å². The van der Waals surface area contributed by atoms with Gasteiger partial charge in [0.2, 0.25) is 0 Å². The van der Waals surface area contributed by atoms with E-state index in [1.807, 2.05) is 0 Å². The third kappa shape index (κ3) is 2.83. The fourth-order valence-corrected chi connectivity index (χ4v) is 2.14. The number of aliphatic carboxylic acids is 1. The molecule has 2 N–H and O–H groups in total. The van der Waals surface area contributed by atoms with Crippen molar-refractivity contribution in [3.63, 3.8) is 0 Å². The van der Waals surface area contributed by atoms with Gasteiger partial charge in [0, 0.05) is 6.07 Å². The summed E-state index contributed by atoms with van der Waals surface area (Å²) in [6.07, 6.45) is 1.29. The largest absolute Gasteiger partial charge is 0.480 e. The lowest BCUT2D eigenvalue weighted by molar-refractivity contribution is -0.385. The number of nitro benzene ring substituents is 1. The normalized spacial score (nSPS) is 16.9. The zero-order valence-electron chi connectivity index (χ0n) is 11.1. The zero-order valence-corrected chi connectivity index (χ0v) is 11.1. The number of nitrogens with one attached hydrogen (secondary N) is 1. The van der Waals surface area contributed by atoms with Crippen molar-refractivity contribution in [2.45, 2.75) is 25.3 Å². The quantitative estimate of drug-likeness (QED) is 0.635. The Morgan fingerprint density at radius 1 is 1.48 bits per heavy atom. The Morgan fingerprint density at radius 3 is 2.57 bits per heavy atom. The number of amides is 1. The third-order valence-electron chi connectivity index (χ3n) is 3.61. The number of benzene rings is 1. The zero-order chi connectivity index (χ0) is 15.8. The Kier molecular flexibility index (Phi) is 3.63. The fourth-order valence-electron chi connectivity index (χ4n) is 2.14. The van der Waals surface area contributed by atoms with Crippen LogP contribution in [0.2, 0.25) is 0 Å². The van der Waals surface area contributed by atoms with Crippen LogP contribution in [0.1, 0.15) is 30.1 Å². The second-order valence-corrected chi connectivity index (χ2v) is 5.15. The molecular formula is C13H13FN2O5. The molecule has 0 aliphatic heterocycles. The van der Waals surface area contributed by atoms with Crippen molar-refractivity contribution in [1.82, 2.24) is 5.32 Å². The van der Waals surface area contributed by atoms with Crippen molar-refractivity contribution in [2.75, 3.05) is 0 Å². The van der Waals surface area contributed by atoms with E-state index in [4.69, 9.17) is 0 Å². The lowest BCUT2D eigenvalue weighted by atomic mass is 9.95. The Hall–Kier alpha value is -2.51. The van der Waals surface area contributed by atoms with E-state index in [1.165, 1.54) is 6.92 Å². The lowest BCUT2D eigenvalue weighted by Gasteiger charge is -2.26. The first kappa shape index (κ1) is 14.9. The van der Waals surface area contributed by atoms with Gasteiger partial charge in [-0.3, -0.25) is 14.9 Å². The minimum absolute atomic E-state index is 0.230. The summed E-state index contributed by atoms with van der Waals surface area (Å²) >= 11 is 0. The summed E-state index contributed by atoms with van der Waals surface area (Å²) in [6.45, 7) is 1.34. The van der Waals surface area contributed by atoms with Gasteiger partial charge in [0.15, 0.2) is 0 Å². The summed E-state index contributed by atoms with van der Waals surface area (Å²) in [5, 5.41) is 22.4. The molecule has 2 rings (SSSR count). The van der Waals surface area contributed by atoms with Crippen molar-refractivity contribution >= 4 is 17.6 Å². The van der Waals surface area contributed by atoms with E-state index < -0.39 is 39.4 Å². The van der Waals surface area contributed by atoms with Crippen LogP contribution in [0.25, 0.3) is 0 Å². The molecule has 1 amide bonds. The first-order chi connectivity index (χ1) is 9.75. The minimum atomic E-state index is -1.52. The van der Waals surface area contributed by atoms with Crippen molar-refractivity contribution in [3.05, 3.63) is 39.7 Å². The van der Waals surface area contributed by atoms with Gasteiger partial charge in [0.05, 0.1) is 4.92 Å². The molecule has 1 aromatic rings. The van der Waals surface area contributed by atoms with Crippen LogP contribution in [0.15, 0.2) is 18.2 Å². The molecule has 0 heterocycles. The van der Waals surface area contributed by atoms with Crippen LogP contribution in [0.4, 0.5) is 10.1 Å². The van der Waals surface area contributed by atoms with Crippen LogP contribution in [-0.4, -0.2) is 27.4 Å². The van der Waals surface area contributed by atoms with Gasteiger partial charge < -0.3 is 10.4 Å². The van der Waals surface area contributed by atoms with Gasteiger partial charge in [0.1, 0.15) is 16.9 Å². The van der Waals surface area contributed by atoms with Crippen molar-refractivity contribution in [1.29, 1.82) is 0 Å². The summed E-state index contributed by atoms with van der Waals surface area (Å²) < 4.78 is 13.2. The van der Waals surface area contributed by atoms with E-state index in [1.54, 1.807) is 0 Å². The summed E-state index contributed by atoms with van der Waals surface area (Å²) in [5.74, 6) is -3.24. The van der Waals surface area contributed by atoms with Gasteiger partial charge in [-0.15, -0.1) is 0 Å². The fraction of sp³-hybridized carbons (Fsp3) is 0.385. The van der Waals surface area contributed by atoms with Crippen molar-refractivity contribution in [2.24, 2.45) is 5.92 Å². The van der Waals surface area contributed by atoms with Gasteiger partial charge in [0.25, 0.3) is 11.6 Å². The predicted octanol–water partition coefficient (Wildman–Crippen LogP) is 1.72. The highest BCUT2D eigenvalue weighted by Crippen LogP contribution is 2.40. The molecule has 1 aliphatic rings. The number of carbonyl (C=O) groups is 2. The molecule has 1 unspecified atom stereocenters. The standard InChI is InChI=1S/C13H13FN2O5/c1-13(12(18)19,7-2-3-7)15-11(17)9-6-8(14)4-5-10(9)16(20)21/h4-7H,2-3H2,1H3,(H,15,17)(H,18,19). The summed E-state index contributed by atoms with van der Waals surface area (Å²) in [5.41, 5.74) is -2.58. The molecule has 1 aliphatic carbocycles. The third-order valence-corrected chi connectivity index (χ3v) is 3.61. The molecule has 21 heavy (non-hydrogen) atoms. The van der Waals surface area contributed by atoms with Gasteiger partial charge in [-0.25, -0.2) is 9.18 Å². The number of hydrogen-bond acceptors (Lipinski definition) is 4. The number of rotatable bonds is 5. The highest BCUT2D eigenvalue weighted by Gasteiger charge is 2.49. The maximum atomic E-state index is 13.2. The molecule has 1 atom stereocenters. The Morgan fingerprint density at radius 2 is 2.10 bits per heavy atom. The lowest BCUT2D eigenvalue weighted by Crippen LogP contribution is -2.54. The number of halogens is 1. The summed E-state index contributed by atoms with van der Waals surface area (Å²) in [6, 6.07) is 2.47. The molecule has 0 aromatic heterocycles. The molecule has 112 valence electrons. The van der Waals surface area contributed by atoms with Crippen LogP contribution >= 0.6 is 0 Å². The number of carboxylic acid groups (broad SMARTS) is 1. The van der Waals surface area contributed by atoms with Crippen molar-refractivity contribution in [3.8, 4) is 0 Å². The summed E-state index contributed by atoms with van der Waals surface area (Å²) in [7, 11) is 0. The van der Waals surface area contributed by atoms with E-state index in [2.05, 4.69) is 5.32 Å². The number of carboxylic acids is 1. The molecule has 1 fully saturated rings. The molecule has 1 saturated carbocycles. The molecule has 0 spiro atoms. The van der Waals surface area contributed by atoms with Crippen LogP contribution in [0, 0.1) is 21.8 Å². The number of hydrogen-bond donors (Lipinski definition) is 2. The molecule has 0 radical (unpaired) electrons. The number of nitro groups is 1. The Balaban J connectivity index is 2.34. The Labute approximate surface area is 118 Å². The van der Waals surface area contributed by atoms with E-state index in [0.29, 0.717) is 12.8 Å². The van der Waals surface area contributed by atoms with Gasteiger partial charge in [-0.1, -0.05) is 0 Å². The highest BCUT2D eigenvalue weighted by molar-refractivity contribution is 6.01. The van der Waals surface area contributed by atoms with Gasteiger partial charge >= 0.3 is 5.97 Å². The SMILES string of the molecule is CC(NC(=O)c1cc(F)ccc1[N+](=O)[O-])(C(=O)O)C1CC1. The smallest absolute Gasteiger partial charge is 0.329 e. The maximum absolute atomic E-state index is 13.2. The van der Waals surface area contributed by atoms with E-state index in [-0.39, 0.29) is 5.92 Å². The average Bonchev–Trinajstić information content (AvgIpc) is 3.22. The molecule has 7 nitrogen and oxygen atoms in total. The van der Waals surface area contributed by atoms with Crippen molar-refractivity contribution < 1.29 is 24.0 Å². The Bertz CT molecular complexity index is 629. The van der Waals surface area contributed by atoms with E-state index >= 15 is 0 Å². The van der Waals surface area contributed by atoms with E-state index in [0.717, 1.165) is 18.2 Å². The first-order valence-electron chi connectivity index (χ1n) is 6.25. The predicted molar refractivity (Wildman–Crippen MR) is 69.3 cm³/mol. The first-order valence-corrected chi connectivity index (χ1v) is 6.25. The molecule has 0 bridgehead atoms. The van der Waals surface area contributed by atoms with Crippen LogP contribution < -0.4 is 5.32 Å². The number of nitrogens with zero attached hydrogens (tertiary/aromatic N) is 1. The molecule has 1 aromatic carbocycles. The number of carbonyl (C=O) groups excluding carboxylic acids is 1. The topological polar surface area (TPSA) is 110 Å². The van der Waals surface area contributed by atoms with Crippen LogP contribution in [-0.2, 0) is 4.79 Å². The average molecular weight is 296 g/mol. The van der Waals surface area contributed by atoms with Gasteiger partial charge in [-0.05, 0) is 37.8 Å². The van der Waals surface area contributed by atoms with Gasteiger partial charge in [-0.2, -0.15) is 0 Å². The molecule has 8 heteroatoms. The monoisotopic (exact) mass is 296 g/mol. The molecular weight excluding hydrogens is 283 g/mol. The highest BCUT2D eigenvalue weighted by atomic mass is 19.1. The minimum Gasteiger partial charge on any atom is -0.480 e. The maximum Gasteiger partial charge on any atom is 0.329 e. The van der Waals surface area contributed by atoms with Crippen LogP contribution in [0.5, 0.6) is 0 Å². The second-order valence-electron chi connectivity index (χ2n) is 5.15. The van der Waals surface area contributed by atoms with E-state index in [9.17, 15) is 29.2 Å². The molecule has 0 saturated heterocycles. The summed E-state index contributed by atoms with van der Waals surface area (Å²) in [4.78, 5) is 33.5. The second kappa shape index (κ2) is 5.12.